The molecule has 0 saturated carbocycles. The van der Waals surface area contributed by atoms with Crippen LogP contribution in [0.2, 0.25) is 0 Å². The minimum absolute atomic E-state index is 0.230. The molecule has 4 nitrogen and oxygen atoms in total. The van der Waals surface area contributed by atoms with Crippen molar-refractivity contribution in [2.45, 2.75) is 13.1 Å². The summed E-state index contributed by atoms with van der Waals surface area (Å²) in [6.45, 7) is 0.230. The van der Waals surface area contributed by atoms with Crippen molar-refractivity contribution in [3.63, 3.8) is 0 Å². The van der Waals surface area contributed by atoms with Crippen LogP contribution in [0, 0.1) is 0 Å². The monoisotopic (exact) mass is 378 g/mol. The molecule has 0 radical (unpaired) electrons. The summed E-state index contributed by atoms with van der Waals surface area (Å²) in [4.78, 5) is 17.7. The van der Waals surface area contributed by atoms with Gasteiger partial charge in [0.15, 0.2) is 0 Å². The Balaban J connectivity index is 1.70. The van der Waals surface area contributed by atoms with Crippen molar-refractivity contribution < 1.29 is 9.53 Å². The van der Waals surface area contributed by atoms with Gasteiger partial charge in [0.05, 0.1) is 11.0 Å². The van der Waals surface area contributed by atoms with E-state index < -0.39 is 5.97 Å². The minimum Gasteiger partial charge on any atom is -0.455 e. The molecule has 1 aromatic heterocycles. The fourth-order valence-electron chi connectivity index (χ4n) is 4.01. The van der Waals surface area contributed by atoms with Gasteiger partial charge in [0.2, 0.25) is 5.82 Å². The zero-order valence-corrected chi connectivity index (χ0v) is 16.1. The number of rotatable bonds is 4. The summed E-state index contributed by atoms with van der Waals surface area (Å²) >= 11 is 0. The summed E-state index contributed by atoms with van der Waals surface area (Å²) in [6.07, 6.45) is 0.634. The number of carbonyl (C=O) groups is 1. The van der Waals surface area contributed by atoms with Gasteiger partial charge in [-0.2, -0.15) is 0 Å². The van der Waals surface area contributed by atoms with Crippen LogP contribution in [0.4, 0.5) is 0 Å². The largest absolute Gasteiger partial charge is 0.455 e. The number of aromatic nitrogens is 2. The molecule has 0 bridgehead atoms. The highest BCUT2D eigenvalue weighted by Gasteiger charge is 2.22. The molecule has 1 heterocycles. The van der Waals surface area contributed by atoms with Crippen molar-refractivity contribution in [2.24, 2.45) is 0 Å². The van der Waals surface area contributed by atoms with E-state index in [1.54, 1.807) is 0 Å². The average molecular weight is 378 g/mol. The molecule has 5 heteroatoms. The maximum Gasteiger partial charge on any atom is 0.374 e. The highest BCUT2D eigenvalue weighted by atomic mass is 16.5. The molecule has 5 aromatic rings. The van der Waals surface area contributed by atoms with Crippen molar-refractivity contribution in [1.82, 2.24) is 9.55 Å². The van der Waals surface area contributed by atoms with Gasteiger partial charge < -0.3 is 9.30 Å². The van der Waals surface area contributed by atoms with E-state index in [2.05, 4.69) is 24.3 Å². The Labute approximate surface area is 169 Å². The lowest BCUT2D eigenvalue weighted by molar-refractivity contribution is 0.0454. The van der Waals surface area contributed by atoms with Crippen LogP contribution >= 0.6 is 0 Å². The SMILES string of the molecule is BCn1c(C(=O)OCc2ccccc2)nc2c3ccccc3c3ccccc3c21. The molecule has 0 aliphatic heterocycles. The average Bonchev–Trinajstić information content (AvgIpc) is 3.18. The molecule has 0 amide bonds. The van der Waals surface area contributed by atoms with Crippen molar-refractivity contribution in [3.05, 3.63) is 90.3 Å². The number of hydrogen-bond acceptors (Lipinski definition) is 3. The van der Waals surface area contributed by atoms with E-state index >= 15 is 0 Å². The Bertz CT molecular complexity index is 1360. The summed E-state index contributed by atoms with van der Waals surface area (Å²) in [5, 5.41) is 4.44. The number of imidazole rings is 1. The molecule has 0 aliphatic carbocycles. The fourth-order valence-corrected chi connectivity index (χ4v) is 4.01. The Morgan fingerprint density at radius 1 is 0.828 bits per heavy atom. The first kappa shape index (κ1) is 17.5. The highest BCUT2D eigenvalue weighted by Crippen LogP contribution is 2.35. The first-order valence-electron chi connectivity index (χ1n) is 9.78. The van der Waals surface area contributed by atoms with E-state index in [1.165, 1.54) is 0 Å². The lowest BCUT2D eigenvalue weighted by Crippen LogP contribution is -2.14. The van der Waals surface area contributed by atoms with Gasteiger partial charge in [-0.15, -0.1) is 0 Å². The zero-order valence-electron chi connectivity index (χ0n) is 16.1. The van der Waals surface area contributed by atoms with Crippen LogP contribution in [0.1, 0.15) is 16.2 Å². The number of esters is 1. The smallest absolute Gasteiger partial charge is 0.374 e. The molecular weight excluding hydrogens is 359 g/mol. The Kier molecular flexibility index (Phi) is 4.28. The third-order valence-electron chi connectivity index (χ3n) is 5.33. The molecule has 29 heavy (non-hydrogen) atoms. The number of fused-ring (bicyclic) bond motifs is 6. The van der Waals surface area contributed by atoms with Crippen LogP contribution in [0.15, 0.2) is 78.9 Å². The van der Waals surface area contributed by atoms with Gasteiger partial charge in [-0.1, -0.05) is 78.9 Å². The van der Waals surface area contributed by atoms with E-state index in [4.69, 9.17) is 9.72 Å². The lowest BCUT2D eigenvalue weighted by Gasteiger charge is -2.10. The van der Waals surface area contributed by atoms with E-state index in [1.807, 2.05) is 67.0 Å². The number of benzene rings is 4. The summed E-state index contributed by atoms with van der Waals surface area (Å²) < 4.78 is 7.56. The second-order valence-corrected chi connectivity index (χ2v) is 7.03. The molecule has 0 N–H and O–H groups in total. The predicted octanol–water partition coefficient (Wildman–Crippen LogP) is 4.29. The quantitative estimate of drug-likeness (QED) is 0.266. The second-order valence-electron chi connectivity index (χ2n) is 7.03. The van der Waals surface area contributed by atoms with Gasteiger partial charge >= 0.3 is 5.97 Å². The van der Waals surface area contributed by atoms with E-state index in [9.17, 15) is 4.79 Å². The highest BCUT2D eigenvalue weighted by molar-refractivity contribution is 6.24. The summed E-state index contributed by atoms with van der Waals surface area (Å²) in [7, 11) is 2.03. The summed E-state index contributed by atoms with van der Waals surface area (Å²) in [6, 6.07) is 26.2. The van der Waals surface area contributed by atoms with Crippen molar-refractivity contribution in [2.75, 3.05) is 0 Å². The summed E-state index contributed by atoms with van der Waals surface area (Å²) in [5.74, 6) is -0.0556. The molecular formula is C24H19BN2O2. The van der Waals surface area contributed by atoms with Gasteiger partial charge in [0, 0.05) is 10.8 Å². The van der Waals surface area contributed by atoms with E-state index in [-0.39, 0.29) is 6.61 Å². The lowest BCUT2D eigenvalue weighted by atomic mass is 9.99. The Hall–Kier alpha value is -3.60. The molecule has 0 fully saturated rings. The zero-order chi connectivity index (χ0) is 19.8. The first-order valence-corrected chi connectivity index (χ1v) is 9.78. The van der Waals surface area contributed by atoms with Crippen LogP contribution in [0.5, 0.6) is 0 Å². The molecule has 0 aliphatic rings. The van der Waals surface area contributed by atoms with Crippen LogP contribution in [0.3, 0.4) is 0 Å². The number of carbonyl (C=O) groups excluding carboxylic acids is 1. The van der Waals surface area contributed by atoms with Crippen LogP contribution in [-0.4, -0.2) is 23.4 Å². The maximum atomic E-state index is 12.9. The molecule has 140 valence electrons. The standard InChI is InChI=1S/C24H19BN2O2/c25-15-27-22-20-13-7-5-11-18(20)17-10-4-6-12-19(17)21(22)26-23(27)24(28)29-14-16-8-2-1-3-9-16/h1-13H,14-15,25H2. The maximum absolute atomic E-state index is 12.9. The third-order valence-corrected chi connectivity index (χ3v) is 5.33. The summed E-state index contributed by atoms with van der Waals surface area (Å²) in [5.41, 5.74) is 2.78. The molecule has 0 spiro atoms. The molecule has 0 unspecified atom stereocenters. The Morgan fingerprint density at radius 3 is 2.10 bits per heavy atom. The first-order chi connectivity index (χ1) is 14.3. The third kappa shape index (κ3) is 2.86. The number of ether oxygens (including phenoxy) is 1. The van der Waals surface area contributed by atoms with Gasteiger partial charge in [0.1, 0.15) is 14.5 Å². The van der Waals surface area contributed by atoms with E-state index in [0.717, 1.165) is 38.1 Å². The van der Waals surface area contributed by atoms with Crippen LogP contribution < -0.4 is 0 Å². The molecule has 4 aromatic carbocycles. The van der Waals surface area contributed by atoms with Crippen LogP contribution in [0.25, 0.3) is 32.6 Å². The van der Waals surface area contributed by atoms with Crippen molar-refractivity contribution >= 4 is 46.4 Å². The van der Waals surface area contributed by atoms with Gasteiger partial charge in [-0.3, -0.25) is 0 Å². The van der Waals surface area contributed by atoms with Gasteiger partial charge in [0.25, 0.3) is 0 Å². The van der Waals surface area contributed by atoms with Gasteiger partial charge in [-0.25, -0.2) is 9.78 Å². The van der Waals surface area contributed by atoms with Crippen molar-refractivity contribution in [3.8, 4) is 0 Å². The van der Waals surface area contributed by atoms with Gasteiger partial charge in [-0.05, 0) is 22.8 Å². The molecule has 0 atom stereocenters. The normalized spacial score (nSPS) is 11.3. The molecule has 0 saturated heterocycles. The van der Waals surface area contributed by atoms with Crippen LogP contribution in [-0.2, 0) is 17.8 Å². The Morgan fingerprint density at radius 2 is 1.41 bits per heavy atom. The predicted molar refractivity (Wildman–Crippen MR) is 119 cm³/mol. The molecule has 5 rings (SSSR count). The number of nitrogens with zero attached hydrogens (tertiary/aromatic N) is 2. The van der Waals surface area contributed by atoms with Crippen molar-refractivity contribution in [1.29, 1.82) is 0 Å². The van der Waals surface area contributed by atoms with E-state index in [0.29, 0.717) is 12.3 Å². The number of hydrogen-bond donors (Lipinski definition) is 0. The second kappa shape index (κ2) is 7.10. The minimum atomic E-state index is -0.403. The fraction of sp³-hybridized carbons (Fsp3) is 0.0833. The topological polar surface area (TPSA) is 44.1 Å².